The number of hydrogen-bond acceptors (Lipinski definition) is 10. The van der Waals surface area contributed by atoms with Crippen molar-refractivity contribution in [2.24, 2.45) is 0 Å². The van der Waals surface area contributed by atoms with Crippen molar-refractivity contribution in [2.45, 2.75) is 144 Å². The van der Waals surface area contributed by atoms with E-state index in [9.17, 15) is 39.1 Å². The number of halogens is 1. The molecule has 1 saturated heterocycles. The quantitative estimate of drug-likeness (QED) is 0.0918. The van der Waals surface area contributed by atoms with Gasteiger partial charge in [0.1, 0.15) is 24.4 Å². The highest BCUT2D eigenvalue weighted by molar-refractivity contribution is 7.89. The van der Waals surface area contributed by atoms with E-state index in [2.05, 4.69) is 11.6 Å². The summed E-state index contributed by atoms with van der Waals surface area (Å²) in [5.41, 5.74) is 0. The Balaban J connectivity index is 1.92. The fourth-order valence-corrected chi connectivity index (χ4v) is 6.48. The normalized spacial score (nSPS) is 25.0. The summed E-state index contributed by atoms with van der Waals surface area (Å²) in [5, 5.41) is 61.8. The number of aliphatic hydroxyl groups excluding tert-OH is 6. The zero-order valence-corrected chi connectivity index (χ0v) is 26.7. The number of aliphatic hydroxyl groups is 6. The van der Waals surface area contributed by atoms with Crippen molar-refractivity contribution < 1.29 is 48.5 Å². The minimum atomic E-state index is -4.20. The van der Waals surface area contributed by atoms with Gasteiger partial charge in [-0.1, -0.05) is 95.6 Å². The third kappa shape index (κ3) is 13.2. The Bertz CT molecular complexity index is 984. The molecule has 0 saturated carbocycles. The Morgan fingerprint density at radius 2 is 1.40 bits per heavy atom. The smallest absolute Gasteiger partial charge is 0.240 e. The van der Waals surface area contributed by atoms with E-state index in [0.717, 1.165) is 19.3 Å². The van der Waals surface area contributed by atoms with E-state index in [1.54, 1.807) is 0 Å². The fourth-order valence-electron chi connectivity index (χ4n) is 5.12. The van der Waals surface area contributed by atoms with Gasteiger partial charge in [-0.3, -0.25) is 0 Å². The SMILES string of the molecule is CCCCCCCCCCCCCC[C@@H](O)[C@@H](O)[C@@H](CO[C@H]1O[C@H](CO)[C@H](O)[C@H](O)[C@H]1O)NS(=O)(=O)c1ccc(Cl)cc1. The average molecular weight is 654 g/mol. The van der Waals surface area contributed by atoms with Crippen molar-refractivity contribution in [2.75, 3.05) is 13.2 Å². The molecule has 0 aromatic heterocycles. The molecule has 1 heterocycles. The zero-order chi connectivity index (χ0) is 31.8. The highest BCUT2D eigenvalue weighted by atomic mass is 35.5. The number of nitrogens with one attached hydrogen (secondary N) is 1. The molecule has 2 rings (SSSR count). The molecule has 0 unspecified atom stereocenters. The van der Waals surface area contributed by atoms with Crippen LogP contribution in [-0.4, -0.2) is 101 Å². The van der Waals surface area contributed by atoms with Crippen LogP contribution in [0.15, 0.2) is 29.2 Å². The van der Waals surface area contributed by atoms with Crippen LogP contribution in [0.25, 0.3) is 0 Å². The first kappa shape index (κ1) is 38.3. The molecule has 250 valence electrons. The van der Waals surface area contributed by atoms with E-state index in [1.807, 2.05) is 0 Å². The predicted molar refractivity (Wildman–Crippen MR) is 163 cm³/mol. The summed E-state index contributed by atoms with van der Waals surface area (Å²) in [6, 6.07) is 3.99. The van der Waals surface area contributed by atoms with Gasteiger partial charge >= 0.3 is 0 Å². The molecule has 7 N–H and O–H groups in total. The number of hydrogen-bond donors (Lipinski definition) is 7. The minimum Gasteiger partial charge on any atom is -0.394 e. The topological polar surface area (TPSA) is 186 Å². The number of benzene rings is 1. The van der Waals surface area contributed by atoms with Crippen LogP contribution in [-0.2, 0) is 19.5 Å². The van der Waals surface area contributed by atoms with Gasteiger partial charge in [-0.25, -0.2) is 13.1 Å². The van der Waals surface area contributed by atoms with Crippen LogP contribution in [0.5, 0.6) is 0 Å². The van der Waals surface area contributed by atoms with E-state index in [1.165, 1.54) is 75.6 Å². The van der Waals surface area contributed by atoms with Gasteiger partial charge in [0.25, 0.3) is 0 Å². The van der Waals surface area contributed by atoms with E-state index in [-0.39, 0.29) is 11.3 Å². The predicted octanol–water partition coefficient (Wildman–Crippen LogP) is 2.62. The van der Waals surface area contributed by atoms with Gasteiger partial charge in [0, 0.05) is 5.02 Å². The first-order valence-electron chi connectivity index (χ1n) is 15.6. The largest absolute Gasteiger partial charge is 0.394 e. The molecule has 0 aliphatic carbocycles. The fraction of sp³-hybridized carbons (Fsp3) is 0.800. The van der Waals surface area contributed by atoms with Gasteiger partial charge in [-0.05, 0) is 30.7 Å². The number of unbranched alkanes of at least 4 members (excludes halogenated alkanes) is 11. The Hall–Kier alpha value is -0.900. The molecule has 8 atom stereocenters. The lowest BCUT2D eigenvalue weighted by molar-refractivity contribution is -0.303. The molecule has 1 aromatic rings. The number of rotatable bonds is 22. The zero-order valence-electron chi connectivity index (χ0n) is 25.1. The monoisotopic (exact) mass is 653 g/mol. The maximum absolute atomic E-state index is 13.1. The summed E-state index contributed by atoms with van der Waals surface area (Å²) in [6.07, 6.45) is 3.31. The maximum atomic E-state index is 13.1. The summed E-state index contributed by atoms with van der Waals surface area (Å²) < 4.78 is 39.4. The second kappa shape index (κ2) is 20.3. The Kier molecular flexibility index (Phi) is 18.0. The molecule has 0 radical (unpaired) electrons. The lowest BCUT2D eigenvalue weighted by atomic mass is 9.99. The third-order valence-corrected chi connectivity index (χ3v) is 9.64. The van der Waals surface area contributed by atoms with Crippen molar-refractivity contribution in [3.8, 4) is 0 Å². The van der Waals surface area contributed by atoms with Gasteiger partial charge in [0.2, 0.25) is 10.0 Å². The first-order valence-corrected chi connectivity index (χ1v) is 17.4. The van der Waals surface area contributed by atoms with E-state index in [0.29, 0.717) is 11.4 Å². The first-order chi connectivity index (χ1) is 20.5. The minimum absolute atomic E-state index is 0.127. The van der Waals surface area contributed by atoms with Crippen molar-refractivity contribution >= 4 is 21.6 Å². The highest BCUT2D eigenvalue weighted by Gasteiger charge is 2.44. The summed E-state index contributed by atoms with van der Waals surface area (Å²) >= 11 is 5.88. The summed E-state index contributed by atoms with van der Waals surface area (Å²) in [4.78, 5) is -0.127. The van der Waals surface area contributed by atoms with Gasteiger partial charge in [0.15, 0.2) is 6.29 Å². The van der Waals surface area contributed by atoms with Crippen LogP contribution in [0, 0.1) is 0 Å². The summed E-state index contributed by atoms with van der Waals surface area (Å²) in [7, 11) is -4.20. The molecular formula is C30H52ClNO10S. The summed E-state index contributed by atoms with van der Waals surface area (Å²) in [6.45, 7) is 0.981. The molecule has 1 aromatic carbocycles. The molecule has 1 aliphatic heterocycles. The van der Waals surface area contributed by atoms with Gasteiger partial charge < -0.3 is 40.1 Å². The molecule has 1 fully saturated rings. The molecule has 43 heavy (non-hydrogen) atoms. The van der Waals surface area contributed by atoms with Crippen LogP contribution in [0.1, 0.15) is 90.4 Å². The van der Waals surface area contributed by atoms with Crippen molar-refractivity contribution in [3.63, 3.8) is 0 Å². The molecule has 1 aliphatic rings. The van der Waals surface area contributed by atoms with Crippen molar-refractivity contribution in [3.05, 3.63) is 29.3 Å². The lowest BCUT2D eigenvalue weighted by Crippen LogP contribution is -2.60. The Labute approximate surface area is 261 Å². The van der Waals surface area contributed by atoms with Crippen LogP contribution >= 0.6 is 11.6 Å². The second-order valence-electron chi connectivity index (χ2n) is 11.4. The van der Waals surface area contributed by atoms with Crippen LogP contribution in [0.3, 0.4) is 0 Å². The Morgan fingerprint density at radius 3 is 1.93 bits per heavy atom. The van der Waals surface area contributed by atoms with Gasteiger partial charge in [-0.2, -0.15) is 0 Å². The van der Waals surface area contributed by atoms with Crippen LogP contribution < -0.4 is 4.72 Å². The molecule has 0 spiro atoms. The van der Waals surface area contributed by atoms with E-state index in [4.69, 9.17) is 21.1 Å². The average Bonchev–Trinajstić information content (AvgIpc) is 2.99. The molecule has 0 amide bonds. The third-order valence-electron chi connectivity index (χ3n) is 7.88. The number of sulfonamides is 1. The Morgan fingerprint density at radius 1 is 0.860 bits per heavy atom. The maximum Gasteiger partial charge on any atom is 0.240 e. The summed E-state index contributed by atoms with van der Waals surface area (Å²) in [5.74, 6) is 0. The van der Waals surface area contributed by atoms with Crippen molar-refractivity contribution in [1.82, 2.24) is 4.72 Å². The van der Waals surface area contributed by atoms with E-state index >= 15 is 0 Å². The second-order valence-corrected chi connectivity index (χ2v) is 13.6. The van der Waals surface area contributed by atoms with Crippen LogP contribution in [0.2, 0.25) is 5.02 Å². The van der Waals surface area contributed by atoms with Crippen molar-refractivity contribution in [1.29, 1.82) is 0 Å². The van der Waals surface area contributed by atoms with E-state index < -0.39 is 72.2 Å². The van der Waals surface area contributed by atoms with Crippen LogP contribution in [0.4, 0.5) is 0 Å². The van der Waals surface area contributed by atoms with Gasteiger partial charge in [0.05, 0.1) is 36.4 Å². The molecule has 0 bridgehead atoms. The standard InChI is InChI=1S/C30H52ClNO10S/c1-2-3-4-5-6-7-8-9-10-11-12-13-14-24(34)26(35)23(32-43(39,40)22-17-15-21(31)16-18-22)20-41-30-29(38)28(37)27(36)25(19-33)42-30/h15-18,23-30,32-38H,2-14,19-20H2,1H3/t23-,24-,25-,26+,27+,28+,29-,30+/m1/s1. The van der Waals surface area contributed by atoms with Gasteiger partial charge in [-0.15, -0.1) is 0 Å². The highest BCUT2D eigenvalue weighted by Crippen LogP contribution is 2.23. The number of ether oxygens (including phenoxy) is 2. The molecule has 13 heteroatoms. The molecular weight excluding hydrogens is 602 g/mol. The molecule has 11 nitrogen and oxygen atoms in total. The lowest BCUT2D eigenvalue weighted by Gasteiger charge is -2.40.